The van der Waals surface area contributed by atoms with Gasteiger partial charge in [-0.2, -0.15) is 0 Å². The molecule has 1 aromatic rings. The Hall–Kier alpha value is -1.10. The molecular formula is C11H15ClN2O2. The monoisotopic (exact) mass is 242 g/mol. The fourth-order valence-corrected chi connectivity index (χ4v) is 1.32. The maximum Gasteiger partial charge on any atom is 0.234 e. The molecule has 0 radical (unpaired) electrons. The van der Waals surface area contributed by atoms with Crippen molar-refractivity contribution in [3.8, 4) is 0 Å². The van der Waals surface area contributed by atoms with Gasteiger partial charge in [-0.05, 0) is 24.6 Å². The summed E-state index contributed by atoms with van der Waals surface area (Å²) in [5, 5.41) is 13.2. The summed E-state index contributed by atoms with van der Waals surface area (Å²) in [7, 11) is 0. The Bertz CT molecular complexity index is 354. The average Bonchev–Trinajstić information content (AvgIpc) is 2.26. The van der Waals surface area contributed by atoms with E-state index in [1.54, 1.807) is 31.2 Å². The van der Waals surface area contributed by atoms with Crippen LogP contribution in [0.5, 0.6) is 0 Å². The summed E-state index contributed by atoms with van der Waals surface area (Å²) in [5.74, 6) is -0.441. The number of nitrogens with one attached hydrogen (secondary N) is 1. The number of aliphatic hydroxyl groups is 1. The van der Waals surface area contributed by atoms with E-state index in [0.29, 0.717) is 5.02 Å². The summed E-state index contributed by atoms with van der Waals surface area (Å²) in [5.41, 5.74) is 5.82. The molecule has 16 heavy (non-hydrogen) atoms. The molecule has 0 aromatic heterocycles. The topological polar surface area (TPSA) is 75.3 Å². The van der Waals surface area contributed by atoms with Crippen LogP contribution >= 0.6 is 11.6 Å². The van der Waals surface area contributed by atoms with Gasteiger partial charge < -0.3 is 16.2 Å². The Morgan fingerprint density at radius 1 is 1.50 bits per heavy atom. The standard InChI is InChI=1S/C11H15ClN2O2/c1-7(11(13)16)14-6-10(15)8-2-4-9(12)5-3-8/h2-5,7,10,14-15H,6H2,1H3,(H2,13,16). The van der Waals surface area contributed by atoms with E-state index < -0.39 is 18.1 Å². The maximum absolute atomic E-state index is 10.8. The van der Waals surface area contributed by atoms with Crippen LogP contribution in [0.4, 0.5) is 0 Å². The SMILES string of the molecule is CC(NCC(O)c1ccc(Cl)cc1)C(N)=O. The lowest BCUT2D eigenvalue weighted by atomic mass is 10.1. The van der Waals surface area contributed by atoms with Crippen molar-refractivity contribution in [2.75, 3.05) is 6.54 Å². The summed E-state index contributed by atoms with van der Waals surface area (Å²) >= 11 is 5.73. The smallest absolute Gasteiger partial charge is 0.234 e. The van der Waals surface area contributed by atoms with Crippen LogP contribution in [0.15, 0.2) is 24.3 Å². The summed E-state index contributed by atoms with van der Waals surface area (Å²) in [6.07, 6.45) is -0.681. The van der Waals surface area contributed by atoms with Gasteiger partial charge in [0.2, 0.25) is 5.91 Å². The Balaban J connectivity index is 2.49. The van der Waals surface area contributed by atoms with Gasteiger partial charge in [0.05, 0.1) is 12.1 Å². The lowest BCUT2D eigenvalue weighted by molar-refractivity contribution is -0.119. The second-order valence-electron chi connectivity index (χ2n) is 3.60. The molecule has 2 atom stereocenters. The van der Waals surface area contributed by atoms with Crippen LogP contribution in [0, 0.1) is 0 Å². The third-order valence-electron chi connectivity index (χ3n) is 2.30. The predicted molar refractivity (Wildman–Crippen MR) is 63.1 cm³/mol. The molecular weight excluding hydrogens is 228 g/mol. The zero-order chi connectivity index (χ0) is 12.1. The number of rotatable bonds is 5. The molecule has 5 heteroatoms. The van der Waals surface area contributed by atoms with Crippen molar-refractivity contribution in [2.45, 2.75) is 19.1 Å². The van der Waals surface area contributed by atoms with Crippen molar-refractivity contribution in [2.24, 2.45) is 5.73 Å². The van der Waals surface area contributed by atoms with Crippen LogP contribution in [0.2, 0.25) is 5.02 Å². The molecule has 1 rings (SSSR count). The highest BCUT2D eigenvalue weighted by Crippen LogP contribution is 2.15. The summed E-state index contributed by atoms with van der Waals surface area (Å²) in [6.45, 7) is 1.92. The van der Waals surface area contributed by atoms with Crippen LogP contribution < -0.4 is 11.1 Å². The van der Waals surface area contributed by atoms with Crippen molar-refractivity contribution >= 4 is 17.5 Å². The molecule has 0 aliphatic carbocycles. The van der Waals surface area contributed by atoms with E-state index in [0.717, 1.165) is 5.56 Å². The number of carbonyl (C=O) groups excluding carboxylic acids is 1. The van der Waals surface area contributed by atoms with Crippen LogP contribution in [-0.2, 0) is 4.79 Å². The number of primary amides is 1. The minimum absolute atomic E-state index is 0.270. The number of hydrogen-bond acceptors (Lipinski definition) is 3. The van der Waals surface area contributed by atoms with Crippen molar-refractivity contribution in [1.82, 2.24) is 5.32 Å². The first-order valence-corrected chi connectivity index (χ1v) is 5.34. The quantitative estimate of drug-likeness (QED) is 0.716. The molecule has 4 nitrogen and oxygen atoms in total. The van der Waals surface area contributed by atoms with Gasteiger partial charge in [0.1, 0.15) is 0 Å². The zero-order valence-electron chi connectivity index (χ0n) is 8.98. The van der Waals surface area contributed by atoms with Gasteiger partial charge in [0.25, 0.3) is 0 Å². The number of amides is 1. The highest BCUT2D eigenvalue weighted by Gasteiger charge is 2.12. The number of hydrogen-bond donors (Lipinski definition) is 3. The molecule has 0 heterocycles. The molecule has 0 aliphatic heterocycles. The van der Waals surface area contributed by atoms with E-state index >= 15 is 0 Å². The molecule has 2 unspecified atom stereocenters. The average molecular weight is 243 g/mol. The molecule has 0 saturated heterocycles. The van der Waals surface area contributed by atoms with Gasteiger partial charge in [-0.25, -0.2) is 0 Å². The van der Waals surface area contributed by atoms with E-state index in [-0.39, 0.29) is 6.54 Å². The Labute approximate surface area is 99.4 Å². The third-order valence-corrected chi connectivity index (χ3v) is 2.55. The normalized spacial score (nSPS) is 14.4. The molecule has 0 aliphatic rings. The van der Waals surface area contributed by atoms with E-state index in [2.05, 4.69) is 5.32 Å². The largest absolute Gasteiger partial charge is 0.387 e. The van der Waals surface area contributed by atoms with E-state index in [9.17, 15) is 9.90 Å². The first kappa shape index (κ1) is 13.0. The van der Waals surface area contributed by atoms with Gasteiger partial charge in [0, 0.05) is 11.6 Å². The van der Waals surface area contributed by atoms with Crippen molar-refractivity contribution in [3.05, 3.63) is 34.9 Å². The molecule has 0 saturated carbocycles. The van der Waals surface area contributed by atoms with Crippen molar-refractivity contribution < 1.29 is 9.90 Å². The van der Waals surface area contributed by atoms with Gasteiger partial charge in [-0.15, -0.1) is 0 Å². The zero-order valence-corrected chi connectivity index (χ0v) is 9.74. The Morgan fingerprint density at radius 3 is 2.56 bits per heavy atom. The molecule has 0 spiro atoms. The van der Waals surface area contributed by atoms with Gasteiger partial charge in [-0.1, -0.05) is 23.7 Å². The number of carbonyl (C=O) groups is 1. The Kier molecular flexibility index (Phi) is 4.73. The molecule has 4 N–H and O–H groups in total. The molecule has 1 aromatic carbocycles. The number of nitrogens with two attached hydrogens (primary N) is 1. The first-order chi connectivity index (χ1) is 7.50. The fraction of sp³-hybridized carbons (Fsp3) is 0.364. The van der Waals surface area contributed by atoms with Gasteiger partial charge in [-0.3, -0.25) is 4.79 Å². The van der Waals surface area contributed by atoms with E-state index in [1.807, 2.05) is 0 Å². The van der Waals surface area contributed by atoms with Crippen LogP contribution in [0.3, 0.4) is 0 Å². The number of halogens is 1. The summed E-state index contributed by atoms with van der Waals surface area (Å²) < 4.78 is 0. The maximum atomic E-state index is 10.8. The minimum Gasteiger partial charge on any atom is -0.387 e. The lowest BCUT2D eigenvalue weighted by Crippen LogP contribution is -2.40. The second-order valence-corrected chi connectivity index (χ2v) is 4.04. The van der Waals surface area contributed by atoms with Crippen LogP contribution in [0.25, 0.3) is 0 Å². The number of benzene rings is 1. The minimum atomic E-state index is -0.681. The fourth-order valence-electron chi connectivity index (χ4n) is 1.19. The summed E-state index contributed by atoms with van der Waals surface area (Å²) in [4.78, 5) is 10.8. The second kappa shape index (κ2) is 5.84. The van der Waals surface area contributed by atoms with Crippen LogP contribution in [0.1, 0.15) is 18.6 Å². The highest BCUT2D eigenvalue weighted by atomic mass is 35.5. The highest BCUT2D eigenvalue weighted by molar-refractivity contribution is 6.30. The van der Waals surface area contributed by atoms with Crippen molar-refractivity contribution in [1.29, 1.82) is 0 Å². The van der Waals surface area contributed by atoms with Gasteiger partial charge in [0.15, 0.2) is 0 Å². The van der Waals surface area contributed by atoms with Gasteiger partial charge >= 0.3 is 0 Å². The van der Waals surface area contributed by atoms with Crippen molar-refractivity contribution in [3.63, 3.8) is 0 Å². The molecule has 0 fully saturated rings. The van der Waals surface area contributed by atoms with E-state index in [4.69, 9.17) is 17.3 Å². The predicted octanol–water partition coefficient (Wildman–Crippen LogP) is 0.837. The molecule has 0 bridgehead atoms. The van der Waals surface area contributed by atoms with E-state index in [1.165, 1.54) is 0 Å². The Morgan fingerprint density at radius 2 is 2.06 bits per heavy atom. The summed E-state index contributed by atoms with van der Waals surface area (Å²) in [6, 6.07) is 6.43. The lowest BCUT2D eigenvalue weighted by Gasteiger charge is -2.15. The molecule has 88 valence electrons. The van der Waals surface area contributed by atoms with Crippen LogP contribution in [-0.4, -0.2) is 23.6 Å². The first-order valence-electron chi connectivity index (χ1n) is 4.97. The third kappa shape index (κ3) is 3.81. The molecule has 1 amide bonds. The number of aliphatic hydroxyl groups excluding tert-OH is 1.